The van der Waals surface area contributed by atoms with Crippen LogP contribution in [0.1, 0.15) is 11.1 Å². The standard InChI is InChI=1S/C18H17FN4O/c1-13-2-3-14(10-16(13)19)11-21-18(24)12-23-17(6-9-22-23)15-4-7-20-8-5-15/h2-10H,11-12H2,1H3,(H,21,24). The molecule has 0 aliphatic heterocycles. The molecule has 0 aliphatic rings. The highest BCUT2D eigenvalue weighted by atomic mass is 19.1. The van der Waals surface area contributed by atoms with Crippen LogP contribution in [0, 0.1) is 12.7 Å². The second kappa shape index (κ2) is 7.04. The Balaban J connectivity index is 1.64. The van der Waals surface area contributed by atoms with E-state index >= 15 is 0 Å². The molecule has 24 heavy (non-hydrogen) atoms. The number of halogens is 1. The summed E-state index contributed by atoms with van der Waals surface area (Å²) in [6.45, 7) is 2.08. The topological polar surface area (TPSA) is 59.8 Å². The van der Waals surface area contributed by atoms with Gasteiger partial charge in [-0.25, -0.2) is 4.39 Å². The lowest BCUT2D eigenvalue weighted by Crippen LogP contribution is -2.27. The highest BCUT2D eigenvalue weighted by Gasteiger charge is 2.09. The first kappa shape index (κ1) is 15.9. The van der Waals surface area contributed by atoms with Crippen LogP contribution in [0.25, 0.3) is 11.3 Å². The van der Waals surface area contributed by atoms with Gasteiger partial charge < -0.3 is 5.32 Å². The first-order valence-corrected chi connectivity index (χ1v) is 7.57. The van der Waals surface area contributed by atoms with Crippen LogP contribution in [0.4, 0.5) is 4.39 Å². The molecule has 1 amide bonds. The largest absolute Gasteiger partial charge is 0.350 e. The Labute approximate surface area is 139 Å². The fourth-order valence-corrected chi connectivity index (χ4v) is 2.37. The average Bonchev–Trinajstić information content (AvgIpc) is 3.05. The molecule has 3 rings (SSSR count). The van der Waals surface area contributed by atoms with Gasteiger partial charge in [-0.2, -0.15) is 5.10 Å². The van der Waals surface area contributed by atoms with Crippen molar-refractivity contribution in [3.05, 3.63) is 71.9 Å². The lowest BCUT2D eigenvalue weighted by atomic mass is 10.1. The van der Waals surface area contributed by atoms with Gasteiger partial charge in [0.2, 0.25) is 5.91 Å². The number of pyridine rings is 1. The highest BCUT2D eigenvalue weighted by Crippen LogP contribution is 2.17. The Morgan fingerprint density at radius 1 is 1.17 bits per heavy atom. The number of rotatable bonds is 5. The SMILES string of the molecule is Cc1ccc(CNC(=O)Cn2nccc2-c2ccncc2)cc1F. The lowest BCUT2D eigenvalue weighted by molar-refractivity contribution is -0.122. The number of aryl methyl sites for hydroxylation is 1. The summed E-state index contributed by atoms with van der Waals surface area (Å²) in [5.74, 6) is -0.455. The number of nitrogens with zero attached hydrogens (tertiary/aromatic N) is 3. The second-order valence-corrected chi connectivity index (χ2v) is 5.47. The van der Waals surface area contributed by atoms with E-state index in [0.717, 1.165) is 16.8 Å². The summed E-state index contributed by atoms with van der Waals surface area (Å²) in [6.07, 6.45) is 5.04. The molecule has 0 saturated heterocycles. The molecule has 1 N–H and O–H groups in total. The molecule has 3 aromatic rings. The molecular formula is C18H17FN4O. The molecule has 122 valence electrons. The van der Waals surface area contributed by atoms with E-state index in [-0.39, 0.29) is 24.8 Å². The lowest BCUT2D eigenvalue weighted by Gasteiger charge is -2.09. The zero-order valence-electron chi connectivity index (χ0n) is 13.2. The zero-order chi connectivity index (χ0) is 16.9. The average molecular weight is 324 g/mol. The molecule has 0 spiro atoms. The summed E-state index contributed by atoms with van der Waals surface area (Å²) in [6, 6.07) is 10.5. The van der Waals surface area contributed by atoms with Gasteiger partial charge in [0, 0.05) is 30.7 Å². The van der Waals surface area contributed by atoms with Crippen molar-refractivity contribution < 1.29 is 9.18 Å². The Morgan fingerprint density at radius 3 is 2.71 bits per heavy atom. The van der Waals surface area contributed by atoms with Crippen LogP contribution < -0.4 is 5.32 Å². The summed E-state index contributed by atoms with van der Waals surface area (Å²) in [5, 5.41) is 6.97. The van der Waals surface area contributed by atoms with Gasteiger partial charge in [0.15, 0.2) is 0 Å². The number of aromatic nitrogens is 3. The number of benzene rings is 1. The maximum Gasteiger partial charge on any atom is 0.242 e. The maximum absolute atomic E-state index is 13.5. The third-order valence-electron chi connectivity index (χ3n) is 3.71. The predicted octanol–water partition coefficient (Wildman–Crippen LogP) is 2.71. The van der Waals surface area contributed by atoms with Crippen molar-refractivity contribution in [1.82, 2.24) is 20.1 Å². The van der Waals surface area contributed by atoms with E-state index in [4.69, 9.17) is 0 Å². The number of nitrogens with one attached hydrogen (secondary N) is 1. The first-order chi connectivity index (χ1) is 11.6. The molecule has 0 unspecified atom stereocenters. The molecule has 2 heterocycles. The zero-order valence-corrected chi connectivity index (χ0v) is 13.2. The Hall–Kier alpha value is -3.02. The number of hydrogen-bond acceptors (Lipinski definition) is 3. The van der Waals surface area contributed by atoms with Crippen molar-refractivity contribution in [2.45, 2.75) is 20.0 Å². The van der Waals surface area contributed by atoms with Crippen LogP contribution in [0.3, 0.4) is 0 Å². The van der Waals surface area contributed by atoms with Crippen LogP contribution in [-0.4, -0.2) is 20.7 Å². The van der Waals surface area contributed by atoms with Crippen molar-refractivity contribution in [2.75, 3.05) is 0 Å². The van der Waals surface area contributed by atoms with Crippen molar-refractivity contribution in [1.29, 1.82) is 0 Å². The van der Waals surface area contributed by atoms with E-state index < -0.39 is 0 Å². The predicted molar refractivity (Wildman–Crippen MR) is 88.4 cm³/mol. The van der Waals surface area contributed by atoms with Gasteiger partial charge in [0.05, 0.1) is 5.69 Å². The fraction of sp³-hybridized carbons (Fsp3) is 0.167. The minimum Gasteiger partial charge on any atom is -0.350 e. The summed E-state index contributed by atoms with van der Waals surface area (Å²) >= 11 is 0. The Bertz CT molecular complexity index is 845. The molecule has 0 radical (unpaired) electrons. The van der Waals surface area contributed by atoms with Gasteiger partial charge in [0.25, 0.3) is 0 Å². The Kier molecular flexibility index (Phi) is 4.65. The molecule has 2 aromatic heterocycles. The van der Waals surface area contributed by atoms with E-state index in [2.05, 4.69) is 15.4 Å². The summed E-state index contributed by atoms with van der Waals surface area (Å²) in [5.41, 5.74) is 3.09. The highest BCUT2D eigenvalue weighted by molar-refractivity contribution is 5.76. The maximum atomic E-state index is 13.5. The van der Waals surface area contributed by atoms with Gasteiger partial charge in [-0.3, -0.25) is 14.5 Å². The minimum atomic E-state index is -0.270. The van der Waals surface area contributed by atoms with Crippen LogP contribution in [0.2, 0.25) is 0 Å². The van der Waals surface area contributed by atoms with Gasteiger partial charge in [-0.05, 0) is 42.3 Å². The van der Waals surface area contributed by atoms with Crippen LogP contribution in [-0.2, 0) is 17.9 Å². The van der Waals surface area contributed by atoms with Crippen molar-refractivity contribution >= 4 is 5.91 Å². The first-order valence-electron chi connectivity index (χ1n) is 7.57. The van der Waals surface area contributed by atoms with Crippen molar-refractivity contribution in [2.24, 2.45) is 0 Å². The van der Waals surface area contributed by atoms with E-state index in [9.17, 15) is 9.18 Å². The van der Waals surface area contributed by atoms with E-state index in [1.807, 2.05) is 18.2 Å². The molecule has 0 fully saturated rings. The molecule has 1 aromatic carbocycles. The Morgan fingerprint density at radius 2 is 1.96 bits per heavy atom. The second-order valence-electron chi connectivity index (χ2n) is 5.47. The molecule has 0 bridgehead atoms. The van der Waals surface area contributed by atoms with E-state index in [1.165, 1.54) is 6.07 Å². The molecule has 6 heteroatoms. The number of hydrogen-bond donors (Lipinski definition) is 1. The number of carbonyl (C=O) groups excluding carboxylic acids is 1. The van der Waals surface area contributed by atoms with Crippen LogP contribution in [0.5, 0.6) is 0 Å². The molecule has 0 atom stereocenters. The van der Waals surface area contributed by atoms with Crippen molar-refractivity contribution in [3.63, 3.8) is 0 Å². The molecular weight excluding hydrogens is 307 g/mol. The summed E-state index contributed by atoms with van der Waals surface area (Å²) in [7, 11) is 0. The van der Waals surface area contributed by atoms with Gasteiger partial charge in [0.1, 0.15) is 12.4 Å². The van der Waals surface area contributed by atoms with Gasteiger partial charge >= 0.3 is 0 Å². The quantitative estimate of drug-likeness (QED) is 0.785. The fourth-order valence-electron chi connectivity index (χ4n) is 2.37. The van der Waals surface area contributed by atoms with Gasteiger partial charge in [-0.1, -0.05) is 12.1 Å². The van der Waals surface area contributed by atoms with E-state index in [1.54, 1.807) is 42.3 Å². The molecule has 0 aliphatic carbocycles. The third kappa shape index (κ3) is 3.65. The van der Waals surface area contributed by atoms with Crippen LogP contribution >= 0.6 is 0 Å². The minimum absolute atomic E-state index is 0.0962. The monoisotopic (exact) mass is 324 g/mol. The summed E-state index contributed by atoms with van der Waals surface area (Å²) < 4.78 is 15.1. The number of amides is 1. The molecule has 0 saturated carbocycles. The van der Waals surface area contributed by atoms with Crippen molar-refractivity contribution in [3.8, 4) is 11.3 Å². The summed E-state index contributed by atoms with van der Waals surface area (Å²) in [4.78, 5) is 16.1. The van der Waals surface area contributed by atoms with E-state index in [0.29, 0.717) is 5.56 Å². The van der Waals surface area contributed by atoms with Crippen LogP contribution in [0.15, 0.2) is 55.0 Å². The third-order valence-corrected chi connectivity index (χ3v) is 3.71. The van der Waals surface area contributed by atoms with Gasteiger partial charge in [-0.15, -0.1) is 0 Å². The normalized spacial score (nSPS) is 10.6. The number of carbonyl (C=O) groups is 1. The smallest absolute Gasteiger partial charge is 0.242 e. The molecule has 5 nitrogen and oxygen atoms in total.